The number of hydrogen-bond donors (Lipinski definition) is 1. The number of carbonyl (C=O) groups is 1. The molecule has 158 valence electrons. The Labute approximate surface area is 185 Å². The molecule has 30 heavy (non-hydrogen) atoms. The molecule has 1 N–H and O–H groups in total. The molecular formula is C20H20N2O5S3. The van der Waals surface area contributed by atoms with E-state index in [1.807, 2.05) is 13.8 Å². The molecule has 1 saturated heterocycles. The highest BCUT2D eigenvalue weighted by Gasteiger charge is 2.35. The fourth-order valence-corrected chi connectivity index (χ4v) is 4.95. The predicted octanol–water partition coefficient (Wildman–Crippen LogP) is 3.50. The summed E-state index contributed by atoms with van der Waals surface area (Å²) in [7, 11) is -2.44. The maximum Gasteiger partial charge on any atom is 0.281 e. The third-order valence-corrected chi connectivity index (χ3v) is 6.76. The van der Waals surface area contributed by atoms with Gasteiger partial charge in [0.05, 0.1) is 23.5 Å². The first-order chi connectivity index (χ1) is 14.2. The molecule has 0 unspecified atom stereocenters. The van der Waals surface area contributed by atoms with Crippen LogP contribution in [0, 0.1) is 6.92 Å². The summed E-state index contributed by atoms with van der Waals surface area (Å²) in [5.41, 5.74) is 1.56. The molecule has 0 radical (unpaired) electrons. The first-order valence-corrected chi connectivity index (χ1v) is 11.6. The number of nitrogens with one attached hydrogen (secondary N) is 1. The van der Waals surface area contributed by atoms with Crippen LogP contribution in [0.25, 0.3) is 6.08 Å². The van der Waals surface area contributed by atoms with E-state index in [0.717, 1.165) is 22.3 Å². The summed E-state index contributed by atoms with van der Waals surface area (Å²) < 4.78 is 36.2. The van der Waals surface area contributed by atoms with Gasteiger partial charge in [-0.2, -0.15) is 0 Å². The van der Waals surface area contributed by atoms with E-state index in [-0.39, 0.29) is 14.1 Å². The highest BCUT2D eigenvalue weighted by molar-refractivity contribution is 8.26. The summed E-state index contributed by atoms with van der Waals surface area (Å²) in [5, 5.41) is 0.863. The van der Waals surface area contributed by atoms with Crippen LogP contribution in [-0.2, 0) is 14.8 Å². The zero-order valence-electron chi connectivity index (χ0n) is 16.5. The molecular weight excluding hydrogens is 444 g/mol. The summed E-state index contributed by atoms with van der Waals surface area (Å²) in [4.78, 5) is 15.4. The van der Waals surface area contributed by atoms with E-state index in [1.165, 1.54) is 19.2 Å². The van der Waals surface area contributed by atoms with Crippen molar-refractivity contribution in [2.24, 2.45) is 0 Å². The SMILES string of the molecule is CCOc1ccc(/C=C2\SC(=S)N(NS(=O)(=O)c3ccc(C)cc3)C2=O)c(OC)c1. The van der Waals surface area contributed by atoms with Gasteiger partial charge in [-0.05, 0) is 44.2 Å². The summed E-state index contributed by atoms with van der Waals surface area (Å²) in [6, 6.07) is 11.5. The van der Waals surface area contributed by atoms with Crippen LogP contribution in [0.15, 0.2) is 52.3 Å². The fraction of sp³-hybridized carbons (Fsp3) is 0.200. The Hall–Kier alpha value is -2.40. The lowest BCUT2D eigenvalue weighted by Crippen LogP contribution is -2.44. The molecule has 2 aromatic carbocycles. The largest absolute Gasteiger partial charge is 0.496 e. The number of thioether (sulfide) groups is 1. The van der Waals surface area contributed by atoms with Crippen molar-refractivity contribution in [1.29, 1.82) is 0 Å². The molecule has 1 aliphatic rings. The number of methoxy groups -OCH3 is 1. The average Bonchev–Trinajstić information content (AvgIpc) is 2.96. The molecule has 0 atom stereocenters. The van der Waals surface area contributed by atoms with Crippen molar-refractivity contribution in [1.82, 2.24) is 9.84 Å². The van der Waals surface area contributed by atoms with Crippen molar-refractivity contribution < 1.29 is 22.7 Å². The van der Waals surface area contributed by atoms with E-state index in [0.29, 0.717) is 23.7 Å². The number of amides is 1. The van der Waals surface area contributed by atoms with E-state index in [9.17, 15) is 13.2 Å². The summed E-state index contributed by atoms with van der Waals surface area (Å²) in [6.45, 7) is 4.25. The molecule has 2 aromatic rings. The lowest BCUT2D eigenvalue weighted by molar-refractivity contribution is -0.123. The Morgan fingerprint density at radius 3 is 2.53 bits per heavy atom. The Morgan fingerprint density at radius 1 is 1.20 bits per heavy atom. The number of sulfonamides is 1. The summed E-state index contributed by atoms with van der Waals surface area (Å²) in [6.07, 6.45) is 1.61. The second kappa shape index (κ2) is 9.17. The monoisotopic (exact) mass is 464 g/mol. The van der Waals surface area contributed by atoms with Crippen molar-refractivity contribution in [3.8, 4) is 11.5 Å². The third kappa shape index (κ3) is 4.84. The zero-order valence-corrected chi connectivity index (χ0v) is 19.0. The standard InChI is InChI=1S/C20H20N2O5S3/c1-4-27-15-8-7-14(17(12-15)26-3)11-18-19(23)22(20(28)29-18)21-30(24,25)16-9-5-13(2)6-10-16/h5-12,21H,4H2,1-3H3/b18-11-. The van der Waals surface area contributed by atoms with Crippen molar-refractivity contribution in [2.75, 3.05) is 13.7 Å². The Bertz CT molecular complexity index is 1110. The number of rotatable bonds is 7. The van der Waals surface area contributed by atoms with Gasteiger partial charge in [-0.15, -0.1) is 4.83 Å². The van der Waals surface area contributed by atoms with Gasteiger partial charge >= 0.3 is 0 Å². The number of nitrogens with zero attached hydrogens (tertiary/aromatic N) is 1. The number of hydrazine groups is 1. The first kappa shape index (κ1) is 22.3. The lowest BCUT2D eigenvalue weighted by atomic mass is 10.1. The summed E-state index contributed by atoms with van der Waals surface area (Å²) >= 11 is 6.22. The number of hydrogen-bond acceptors (Lipinski definition) is 7. The molecule has 1 amide bonds. The van der Waals surface area contributed by atoms with Crippen LogP contribution in [-0.4, -0.2) is 37.4 Å². The number of benzene rings is 2. The molecule has 3 rings (SSSR count). The van der Waals surface area contributed by atoms with Gasteiger partial charge in [0.25, 0.3) is 15.9 Å². The van der Waals surface area contributed by atoms with Gasteiger partial charge in [0.15, 0.2) is 4.32 Å². The Kier molecular flexibility index (Phi) is 6.81. The zero-order chi connectivity index (χ0) is 21.9. The molecule has 1 fully saturated rings. The third-order valence-electron chi connectivity index (χ3n) is 4.14. The Balaban J connectivity index is 1.85. The normalized spacial score (nSPS) is 15.7. The summed E-state index contributed by atoms with van der Waals surface area (Å²) in [5.74, 6) is 0.605. The molecule has 0 bridgehead atoms. The number of carbonyl (C=O) groups excluding carboxylic acids is 1. The molecule has 0 spiro atoms. The van der Waals surface area contributed by atoms with E-state index in [1.54, 1.807) is 36.4 Å². The van der Waals surface area contributed by atoms with Gasteiger partial charge in [-0.3, -0.25) is 4.79 Å². The maximum absolute atomic E-state index is 12.8. The van der Waals surface area contributed by atoms with Gasteiger partial charge in [-0.25, -0.2) is 13.4 Å². The van der Waals surface area contributed by atoms with Crippen LogP contribution in [0.4, 0.5) is 0 Å². The van der Waals surface area contributed by atoms with Crippen LogP contribution in [0.2, 0.25) is 0 Å². The van der Waals surface area contributed by atoms with E-state index >= 15 is 0 Å². The maximum atomic E-state index is 12.8. The fourth-order valence-electron chi connectivity index (χ4n) is 2.65. The van der Waals surface area contributed by atoms with Crippen molar-refractivity contribution >= 4 is 50.3 Å². The number of ether oxygens (including phenoxy) is 2. The van der Waals surface area contributed by atoms with Crippen molar-refractivity contribution in [3.05, 3.63) is 58.5 Å². The predicted molar refractivity (Wildman–Crippen MR) is 121 cm³/mol. The van der Waals surface area contributed by atoms with Crippen molar-refractivity contribution in [2.45, 2.75) is 18.7 Å². The first-order valence-electron chi connectivity index (χ1n) is 8.93. The Morgan fingerprint density at radius 2 is 1.90 bits per heavy atom. The van der Waals surface area contributed by atoms with Gasteiger partial charge in [0.2, 0.25) is 0 Å². The second-order valence-corrected chi connectivity index (χ2v) is 9.60. The quantitative estimate of drug-likeness (QED) is 0.496. The van der Waals surface area contributed by atoms with Crippen LogP contribution >= 0.6 is 24.0 Å². The van der Waals surface area contributed by atoms with Gasteiger partial charge in [-0.1, -0.05) is 41.7 Å². The average molecular weight is 465 g/mol. The highest BCUT2D eigenvalue weighted by atomic mass is 32.2. The number of thiocarbonyl (C=S) groups is 1. The van der Waals surface area contributed by atoms with Crippen LogP contribution in [0.1, 0.15) is 18.1 Å². The smallest absolute Gasteiger partial charge is 0.281 e. The molecule has 0 saturated carbocycles. The molecule has 1 heterocycles. The molecule has 1 aliphatic heterocycles. The molecule has 0 aromatic heterocycles. The van der Waals surface area contributed by atoms with Crippen LogP contribution in [0.5, 0.6) is 11.5 Å². The van der Waals surface area contributed by atoms with Crippen molar-refractivity contribution in [3.63, 3.8) is 0 Å². The van der Waals surface area contributed by atoms with Gasteiger partial charge in [0.1, 0.15) is 11.5 Å². The minimum Gasteiger partial charge on any atom is -0.496 e. The minimum atomic E-state index is -3.96. The van der Waals surface area contributed by atoms with E-state index in [4.69, 9.17) is 21.7 Å². The van der Waals surface area contributed by atoms with Gasteiger partial charge in [0, 0.05) is 11.6 Å². The second-order valence-electron chi connectivity index (χ2n) is 6.26. The number of aryl methyl sites for hydroxylation is 1. The van der Waals surface area contributed by atoms with Crippen LogP contribution in [0.3, 0.4) is 0 Å². The molecule has 10 heteroatoms. The minimum absolute atomic E-state index is 0.0410. The van der Waals surface area contributed by atoms with E-state index in [2.05, 4.69) is 4.83 Å². The van der Waals surface area contributed by atoms with Gasteiger partial charge < -0.3 is 9.47 Å². The topological polar surface area (TPSA) is 84.9 Å². The van der Waals surface area contributed by atoms with Crippen LogP contribution < -0.4 is 14.3 Å². The molecule has 7 nitrogen and oxygen atoms in total. The molecule has 0 aliphatic carbocycles. The van der Waals surface area contributed by atoms with E-state index < -0.39 is 15.9 Å². The highest BCUT2D eigenvalue weighted by Crippen LogP contribution is 2.35. The lowest BCUT2D eigenvalue weighted by Gasteiger charge is -2.16.